The van der Waals surface area contributed by atoms with Crippen LogP contribution >= 0.6 is 15.9 Å². The topological polar surface area (TPSA) is 75.7 Å². The van der Waals surface area contributed by atoms with E-state index in [1.54, 1.807) is 29.2 Å². The zero-order valence-electron chi connectivity index (χ0n) is 15.5. The van der Waals surface area contributed by atoms with Gasteiger partial charge in [0, 0.05) is 28.8 Å². The van der Waals surface area contributed by atoms with E-state index in [0.717, 1.165) is 6.07 Å². The molecule has 0 saturated heterocycles. The second kappa shape index (κ2) is 9.98. The summed E-state index contributed by atoms with van der Waals surface area (Å²) >= 11 is 3.14. The number of rotatable bonds is 7. The third-order valence-corrected chi connectivity index (χ3v) is 4.44. The molecule has 0 saturated carbocycles. The summed E-state index contributed by atoms with van der Waals surface area (Å²) in [5.74, 6) is -2.34. The largest absolute Gasteiger partial charge is 0.452 e. The lowest BCUT2D eigenvalue weighted by atomic mass is 10.2. The standard InChI is InChI=1S/C20H20BrFN2O4/c1-3-24(4-2)19(26)13-5-8-15(9-6-13)23-18(25)12-28-20(27)16-11-14(21)7-10-17(16)22/h5-11H,3-4,12H2,1-2H3,(H,23,25). The van der Waals surface area contributed by atoms with Gasteiger partial charge in [0.25, 0.3) is 11.8 Å². The summed E-state index contributed by atoms with van der Waals surface area (Å²) in [5.41, 5.74) is 0.700. The number of halogens is 2. The maximum Gasteiger partial charge on any atom is 0.341 e. The lowest BCUT2D eigenvalue weighted by molar-refractivity contribution is -0.119. The fraction of sp³-hybridized carbons (Fsp3) is 0.250. The van der Waals surface area contributed by atoms with Crippen molar-refractivity contribution in [2.24, 2.45) is 0 Å². The molecule has 1 N–H and O–H groups in total. The third kappa shape index (κ3) is 5.63. The molecule has 0 aliphatic heterocycles. The van der Waals surface area contributed by atoms with Gasteiger partial charge in [-0.05, 0) is 56.3 Å². The van der Waals surface area contributed by atoms with Gasteiger partial charge in [0.1, 0.15) is 5.82 Å². The molecule has 8 heteroatoms. The van der Waals surface area contributed by atoms with E-state index in [1.165, 1.54) is 12.1 Å². The van der Waals surface area contributed by atoms with Gasteiger partial charge in [-0.25, -0.2) is 9.18 Å². The molecule has 0 atom stereocenters. The minimum Gasteiger partial charge on any atom is -0.452 e. The Morgan fingerprint density at radius 3 is 2.32 bits per heavy atom. The van der Waals surface area contributed by atoms with Crippen LogP contribution in [0.25, 0.3) is 0 Å². The van der Waals surface area contributed by atoms with Crippen molar-refractivity contribution in [2.75, 3.05) is 25.0 Å². The van der Waals surface area contributed by atoms with Crippen molar-refractivity contribution in [1.82, 2.24) is 4.90 Å². The van der Waals surface area contributed by atoms with Crippen LogP contribution in [0.5, 0.6) is 0 Å². The van der Waals surface area contributed by atoms with E-state index in [-0.39, 0.29) is 11.5 Å². The van der Waals surface area contributed by atoms with Crippen molar-refractivity contribution >= 4 is 39.4 Å². The molecule has 0 fully saturated rings. The summed E-state index contributed by atoms with van der Waals surface area (Å²) < 4.78 is 19.0. The summed E-state index contributed by atoms with van der Waals surface area (Å²) in [4.78, 5) is 37.8. The van der Waals surface area contributed by atoms with Crippen LogP contribution in [0.1, 0.15) is 34.6 Å². The molecule has 148 valence electrons. The number of hydrogen-bond donors (Lipinski definition) is 1. The summed E-state index contributed by atoms with van der Waals surface area (Å²) in [5, 5.41) is 2.55. The van der Waals surface area contributed by atoms with E-state index < -0.39 is 24.3 Å². The average Bonchev–Trinajstić information content (AvgIpc) is 2.69. The number of esters is 1. The second-order valence-electron chi connectivity index (χ2n) is 5.80. The highest BCUT2D eigenvalue weighted by Gasteiger charge is 2.16. The van der Waals surface area contributed by atoms with Crippen LogP contribution in [-0.2, 0) is 9.53 Å². The second-order valence-corrected chi connectivity index (χ2v) is 6.72. The Bertz CT molecular complexity index is 867. The minimum absolute atomic E-state index is 0.0899. The van der Waals surface area contributed by atoms with E-state index in [1.807, 2.05) is 13.8 Å². The van der Waals surface area contributed by atoms with Crippen molar-refractivity contribution in [3.8, 4) is 0 Å². The number of carbonyl (C=O) groups excluding carboxylic acids is 3. The number of nitrogens with zero attached hydrogens (tertiary/aromatic N) is 1. The number of carbonyl (C=O) groups is 3. The first kappa shape index (κ1) is 21.6. The number of hydrogen-bond acceptors (Lipinski definition) is 4. The van der Waals surface area contributed by atoms with E-state index in [9.17, 15) is 18.8 Å². The van der Waals surface area contributed by atoms with Crippen molar-refractivity contribution in [3.63, 3.8) is 0 Å². The molecule has 0 heterocycles. The van der Waals surface area contributed by atoms with Gasteiger partial charge in [0.05, 0.1) is 5.56 Å². The Morgan fingerprint density at radius 1 is 1.07 bits per heavy atom. The SMILES string of the molecule is CCN(CC)C(=O)c1ccc(NC(=O)COC(=O)c2cc(Br)ccc2F)cc1. The number of anilines is 1. The Kier molecular flexibility index (Phi) is 7.69. The van der Waals surface area contributed by atoms with Crippen LogP contribution < -0.4 is 5.32 Å². The van der Waals surface area contributed by atoms with Gasteiger partial charge in [-0.2, -0.15) is 0 Å². The van der Waals surface area contributed by atoms with Gasteiger partial charge in [0.15, 0.2) is 6.61 Å². The first-order valence-electron chi connectivity index (χ1n) is 8.67. The van der Waals surface area contributed by atoms with E-state index >= 15 is 0 Å². The fourth-order valence-electron chi connectivity index (χ4n) is 2.45. The van der Waals surface area contributed by atoms with Gasteiger partial charge in [0.2, 0.25) is 0 Å². The Morgan fingerprint density at radius 2 is 1.71 bits per heavy atom. The van der Waals surface area contributed by atoms with E-state index in [0.29, 0.717) is 28.8 Å². The molecular formula is C20H20BrFN2O4. The molecular weight excluding hydrogens is 431 g/mol. The smallest absolute Gasteiger partial charge is 0.341 e. The molecule has 0 bridgehead atoms. The van der Waals surface area contributed by atoms with Crippen LogP contribution in [0.3, 0.4) is 0 Å². The van der Waals surface area contributed by atoms with Crippen molar-refractivity contribution in [1.29, 1.82) is 0 Å². The highest BCUT2D eigenvalue weighted by Crippen LogP contribution is 2.16. The molecule has 2 rings (SSSR count). The molecule has 2 aromatic carbocycles. The van der Waals surface area contributed by atoms with Crippen LogP contribution in [-0.4, -0.2) is 42.4 Å². The molecule has 0 unspecified atom stereocenters. The quantitative estimate of drug-likeness (QED) is 0.649. The third-order valence-electron chi connectivity index (χ3n) is 3.95. The lowest BCUT2D eigenvalue weighted by Gasteiger charge is -2.18. The molecule has 28 heavy (non-hydrogen) atoms. The monoisotopic (exact) mass is 450 g/mol. The predicted octanol–water partition coefficient (Wildman–Crippen LogP) is 3.87. The van der Waals surface area contributed by atoms with Gasteiger partial charge < -0.3 is 15.0 Å². The van der Waals surface area contributed by atoms with Crippen LogP contribution in [0, 0.1) is 5.82 Å². The lowest BCUT2D eigenvalue weighted by Crippen LogP contribution is -2.30. The van der Waals surface area contributed by atoms with E-state index in [2.05, 4.69) is 21.2 Å². The molecule has 2 amide bonds. The predicted molar refractivity (Wildman–Crippen MR) is 107 cm³/mol. The van der Waals surface area contributed by atoms with Crippen molar-refractivity contribution in [3.05, 3.63) is 63.9 Å². The van der Waals surface area contributed by atoms with Crippen LogP contribution in [0.2, 0.25) is 0 Å². The van der Waals surface area contributed by atoms with Crippen molar-refractivity contribution < 1.29 is 23.5 Å². The molecule has 0 aliphatic carbocycles. The molecule has 0 radical (unpaired) electrons. The summed E-state index contributed by atoms with van der Waals surface area (Å²) in [6.07, 6.45) is 0. The van der Waals surface area contributed by atoms with Crippen LogP contribution in [0.4, 0.5) is 10.1 Å². The van der Waals surface area contributed by atoms with Gasteiger partial charge in [-0.15, -0.1) is 0 Å². The number of nitrogens with one attached hydrogen (secondary N) is 1. The molecule has 0 aromatic heterocycles. The summed E-state index contributed by atoms with van der Waals surface area (Å²) in [6.45, 7) is 4.45. The molecule has 2 aromatic rings. The Labute approximate surface area is 170 Å². The Balaban J connectivity index is 1.92. The fourth-order valence-corrected chi connectivity index (χ4v) is 2.81. The van der Waals surface area contributed by atoms with Gasteiger partial charge >= 0.3 is 5.97 Å². The average molecular weight is 451 g/mol. The maximum atomic E-state index is 13.6. The van der Waals surface area contributed by atoms with Crippen LogP contribution in [0.15, 0.2) is 46.9 Å². The zero-order valence-corrected chi connectivity index (χ0v) is 17.1. The number of benzene rings is 2. The molecule has 0 aliphatic rings. The highest BCUT2D eigenvalue weighted by molar-refractivity contribution is 9.10. The first-order valence-corrected chi connectivity index (χ1v) is 9.46. The summed E-state index contributed by atoms with van der Waals surface area (Å²) in [7, 11) is 0. The maximum absolute atomic E-state index is 13.6. The van der Waals surface area contributed by atoms with Gasteiger partial charge in [-0.3, -0.25) is 9.59 Å². The van der Waals surface area contributed by atoms with E-state index in [4.69, 9.17) is 4.74 Å². The molecule has 0 spiro atoms. The first-order chi connectivity index (χ1) is 13.3. The minimum atomic E-state index is -0.936. The molecule has 6 nitrogen and oxygen atoms in total. The highest BCUT2D eigenvalue weighted by atomic mass is 79.9. The summed E-state index contributed by atoms with van der Waals surface area (Å²) in [6, 6.07) is 10.3. The van der Waals surface area contributed by atoms with Gasteiger partial charge in [-0.1, -0.05) is 15.9 Å². The Hall–Kier alpha value is -2.74. The number of ether oxygens (including phenoxy) is 1. The van der Waals surface area contributed by atoms with Crippen molar-refractivity contribution in [2.45, 2.75) is 13.8 Å². The normalized spacial score (nSPS) is 10.3. The zero-order chi connectivity index (χ0) is 20.7. The number of amides is 2.